The predicted octanol–water partition coefficient (Wildman–Crippen LogP) is -0.465. The summed E-state index contributed by atoms with van der Waals surface area (Å²) >= 11 is 0. The van der Waals surface area contributed by atoms with Crippen LogP contribution in [0.1, 0.15) is 6.42 Å². The molecular formula is C5H4N2O3. The second kappa shape index (κ2) is 2.35. The highest BCUT2D eigenvalue weighted by Gasteiger charge is 2.31. The molecular weight excluding hydrogens is 136 g/mol. The number of carbonyl (C=O) groups is 2. The van der Waals surface area contributed by atoms with Crippen molar-refractivity contribution in [2.45, 2.75) is 12.5 Å². The summed E-state index contributed by atoms with van der Waals surface area (Å²) < 4.78 is 4.09. The number of cyclic esters (lactones) is 2. The fourth-order valence-corrected chi connectivity index (χ4v) is 0.619. The maximum atomic E-state index is 10.5. The molecule has 0 aromatic carbocycles. The maximum Gasteiger partial charge on any atom is 0.415 e. The van der Waals surface area contributed by atoms with Crippen LogP contribution in [0.25, 0.3) is 0 Å². The van der Waals surface area contributed by atoms with E-state index in [-0.39, 0.29) is 6.42 Å². The summed E-state index contributed by atoms with van der Waals surface area (Å²) in [5, 5.41) is 10.3. The Balaban J connectivity index is 2.56. The zero-order valence-corrected chi connectivity index (χ0v) is 4.96. The topological polar surface area (TPSA) is 79.2 Å². The normalized spacial score (nSPS) is 23.3. The van der Waals surface area contributed by atoms with Crippen LogP contribution in [0.15, 0.2) is 0 Å². The fraction of sp³-hybridized carbons (Fsp3) is 0.400. The molecule has 0 aliphatic carbocycles. The van der Waals surface area contributed by atoms with Gasteiger partial charge in [-0.25, -0.2) is 9.59 Å². The molecule has 1 fully saturated rings. The first kappa shape index (κ1) is 6.55. The van der Waals surface area contributed by atoms with Gasteiger partial charge in [-0.3, -0.25) is 0 Å². The molecule has 1 aliphatic rings. The van der Waals surface area contributed by atoms with Crippen LogP contribution in [0.2, 0.25) is 0 Å². The second-order valence-corrected chi connectivity index (χ2v) is 1.77. The summed E-state index contributed by atoms with van der Waals surface area (Å²) in [6, 6.07) is 0.979. The standard InChI is InChI=1S/C5H4N2O3/c6-2-1-3-4(8)10-5(9)7-3/h3H,1H2,(H,7,9)/t3-/m0/s1. The molecule has 1 aliphatic heterocycles. The molecule has 0 aromatic heterocycles. The first-order valence-corrected chi connectivity index (χ1v) is 2.63. The quantitative estimate of drug-likeness (QED) is 0.394. The van der Waals surface area contributed by atoms with Crippen molar-refractivity contribution < 1.29 is 14.3 Å². The maximum absolute atomic E-state index is 10.5. The van der Waals surface area contributed by atoms with Gasteiger partial charge in [-0.2, -0.15) is 5.26 Å². The molecule has 0 aromatic rings. The van der Waals surface area contributed by atoms with Crippen LogP contribution in [0.3, 0.4) is 0 Å². The lowest BCUT2D eigenvalue weighted by atomic mass is 10.2. The van der Waals surface area contributed by atoms with Crippen LogP contribution in [0.5, 0.6) is 0 Å². The third kappa shape index (κ3) is 1.05. The van der Waals surface area contributed by atoms with Crippen molar-refractivity contribution in [1.29, 1.82) is 5.26 Å². The molecule has 5 nitrogen and oxygen atoms in total. The predicted molar refractivity (Wildman–Crippen MR) is 28.6 cm³/mol. The number of rotatable bonds is 1. The Bertz CT molecular complexity index is 217. The minimum Gasteiger partial charge on any atom is -0.375 e. The van der Waals surface area contributed by atoms with E-state index in [4.69, 9.17) is 5.26 Å². The molecule has 1 N–H and O–H groups in total. The highest BCUT2D eigenvalue weighted by molar-refractivity contribution is 5.95. The number of nitrogens with zero attached hydrogens (tertiary/aromatic N) is 1. The lowest BCUT2D eigenvalue weighted by Gasteiger charge is -1.94. The number of amides is 1. The summed E-state index contributed by atoms with van der Waals surface area (Å²) in [5.41, 5.74) is 0. The van der Waals surface area contributed by atoms with E-state index in [2.05, 4.69) is 10.1 Å². The van der Waals surface area contributed by atoms with Gasteiger partial charge in [0.15, 0.2) is 0 Å². The lowest BCUT2D eigenvalue weighted by Crippen LogP contribution is -2.27. The Morgan fingerprint density at radius 3 is 2.80 bits per heavy atom. The van der Waals surface area contributed by atoms with Crippen molar-refractivity contribution in [2.24, 2.45) is 0 Å². The first-order chi connectivity index (χ1) is 4.74. The van der Waals surface area contributed by atoms with Gasteiger partial charge in [0.2, 0.25) is 0 Å². The van der Waals surface area contributed by atoms with E-state index in [9.17, 15) is 9.59 Å². The molecule has 1 saturated heterocycles. The lowest BCUT2D eigenvalue weighted by molar-refractivity contribution is -0.135. The minimum atomic E-state index is -0.773. The molecule has 5 heteroatoms. The summed E-state index contributed by atoms with van der Waals surface area (Å²) in [6.45, 7) is 0. The van der Waals surface area contributed by atoms with Crippen LogP contribution < -0.4 is 5.32 Å². The van der Waals surface area contributed by atoms with Crippen LogP contribution in [0, 0.1) is 11.3 Å². The van der Waals surface area contributed by atoms with Crippen LogP contribution in [-0.4, -0.2) is 18.1 Å². The molecule has 10 heavy (non-hydrogen) atoms. The van der Waals surface area contributed by atoms with Crippen molar-refractivity contribution in [3.05, 3.63) is 0 Å². The molecule has 52 valence electrons. The molecule has 1 rings (SSSR count). The number of hydrogen-bond donors (Lipinski definition) is 1. The first-order valence-electron chi connectivity index (χ1n) is 2.63. The Morgan fingerprint density at radius 1 is 1.70 bits per heavy atom. The summed E-state index contributed by atoms with van der Waals surface area (Å²) in [5.74, 6) is -0.674. The van der Waals surface area contributed by atoms with Gasteiger partial charge in [0.1, 0.15) is 6.04 Å². The highest BCUT2D eigenvalue weighted by atomic mass is 16.6. The van der Waals surface area contributed by atoms with Gasteiger partial charge >= 0.3 is 12.1 Å². The largest absolute Gasteiger partial charge is 0.415 e. The number of carbonyl (C=O) groups excluding carboxylic acids is 2. The smallest absolute Gasteiger partial charge is 0.375 e. The summed E-state index contributed by atoms with van der Waals surface area (Å²) in [7, 11) is 0. The van der Waals surface area contributed by atoms with Crippen molar-refractivity contribution in [3.63, 3.8) is 0 Å². The molecule has 0 saturated carbocycles. The number of esters is 1. The summed E-state index contributed by atoms with van der Waals surface area (Å²) in [4.78, 5) is 20.8. The molecule has 0 spiro atoms. The number of nitriles is 1. The van der Waals surface area contributed by atoms with Gasteiger partial charge in [-0.15, -0.1) is 0 Å². The van der Waals surface area contributed by atoms with E-state index >= 15 is 0 Å². The van der Waals surface area contributed by atoms with Crippen molar-refractivity contribution in [3.8, 4) is 6.07 Å². The molecule has 0 radical (unpaired) electrons. The van der Waals surface area contributed by atoms with Crippen molar-refractivity contribution >= 4 is 12.1 Å². The van der Waals surface area contributed by atoms with E-state index in [1.807, 2.05) is 0 Å². The van der Waals surface area contributed by atoms with Gasteiger partial charge in [0.25, 0.3) is 0 Å². The summed E-state index contributed by atoms with van der Waals surface area (Å²) in [6.07, 6.45) is -0.810. The van der Waals surface area contributed by atoms with Crippen LogP contribution in [-0.2, 0) is 9.53 Å². The molecule has 1 atom stereocenters. The van der Waals surface area contributed by atoms with E-state index in [0.717, 1.165) is 0 Å². The van der Waals surface area contributed by atoms with Crippen molar-refractivity contribution in [2.75, 3.05) is 0 Å². The van der Waals surface area contributed by atoms with E-state index in [1.54, 1.807) is 6.07 Å². The number of hydrogen-bond acceptors (Lipinski definition) is 4. The SMILES string of the molecule is N#CC[C@@H]1NC(=O)OC1=O. The van der Waals surface area contributed by atoms with E-state index in [1.165, 1.54) is 0 Å². The Morgan fingerprint density at radius 2 is 2.40 bits per heavy atom. The number of nitrogens with one attached hydrogen (secondary N) is 1. The second-order valence-electron chi connectivity index (χ2n) is 1.77. The average molecular weight is 140 g/mol. The van der Waals surface area contributed by atoms with Gasteiger partial charge < -0.3 is 10.1 Å². The minimum absolute atomic E-state index is 0.0371. The Labute approximate surface area is 56.6 Å². The fourth-order valence-electron chi connectivity index (χ4n) is 0.619. The monoisotopic (exact) mass is 140 g/mol. The third-order valence-electron chi connectivity index (χ3n) is 1.07. The van der Waals surface area contributed by atoms with E-state index < -0.39 is 18.1 Å². The van der Waals surface area contributed by atoms with Gasteiger partial charge in [-0.1, -0.05) is 0 Å². The van der Waals surface area contributed by atoms with Gasteiger partial charge in [0.05, 0.1) is 12.5 Å². The van der Waals surface area contributed by atoms with Gasteiger partial charge in [0, 0.05) is 0 Å². The Kier molecular flexibility index (Phi) is 1.54. The van der Waals surface area contributed by atoms with Crippen LogP contribution in [0.4, 0.5) is 4.79 Å². The zero-order chi connectivity index (χ0) is 7.56. The number of ether oxygens (including phenoxy) is 1. The van der Waals surface area contributed by atoms with Crippen molar-refractivity contribution in [1.82, 2.24) is 5.32 Å². The molecule has 1 heterocycles. The highest BCUT2D eigenvalue weighted by Crippen LogP contribution is 2.02. The molecule has 1 amide bonds. The average Bonchev–Trinajstić information content (AvgIpc) is 2.13. The van der Waals surface area contributed by atoms with Crippen LogP contribution >= 0.6 is 0 Å². The Hall–Kier alpha value is -1.57. The number of alkyl carbamates (subject to hydrolysis) is 1. The third-order valence-corrected chi connectivity index (χ3v) is 1.07. The zero-order valence-electron chi connectivity index (χ0n) is 4.96. The molecule has 0 unspecified atom stereocenters. The van der Waals surface area contributed by atoms with Gasteiger partial charge in [-0.05, 0) is 0 Å². The molecule has 0 bridgehead atoms. The van der Waals surface area contributed by atoms with E-state index in [0.29, 0.717) is 0 Å².